The Kier molecular flexibility index (Phi) is 6.63. The third-order valence-electron chi connectivity index (χ3n) is 2.59. The number of aliphatic carboxylic acids is 1. The molecule has 1 N–H and O–H groups in total. The van der Waals surface area contributed by atoms with Crippen molar-refractivity contribution in [2.24, 2.45) is 5.92 Å². The first-order valence-electron chi connectivity index (χ1n) is 6.61. The summed E-state index contributed by atoms with van der Waals surface area (Å²) in [6, 6.07) is 5.45. The van der Waals surface area contributed by atoms with Crippen molar-refractivity contribution < 1.29 is 14.7 Å². The van der Waals surface area contributed by atoms with E-state index in [-0.39, 0.29) is 5.91 Å². The zero-order valence-corrected chi connectivity index (χ0v) is 12.9. The van der Waals surface area contributed by atoms with Crippen molar-refractivity contribution >= 4 is 29.3 Å². The second-order valence-electron chi connectivity index (χ2n) is 4.93. The van der Waals surface area contributed by atoms with Crippen LogP contribution in [0.3, 0.4) is 0 Å². The number of carbonyl (C=O) groups excluding carboxylic acids is 1. The highest BCUT2D eigenvalue weighted by molar-refractivity contribution is 7.14. The monoisotopic (exact) mass is 306 g/mol. The number of carboxylic acid groups (broad SMARTS) is 1. The van der Waals surface area contributed by atoms with Crippen LogP contribution < -0.4 is 0 Å². The molecule has 112 valence electrons. The molecular formula is C15H18N2O3S. The summed E-state index contributed by atoms with van der Waals surface area (Å²) in [5.74, 6) is -0.815. The van der Waals surface area contributed by atoms with Crippen LogP contribution in [0.15, 0.2) is 18.2 Å². The lowest BCUT2D eigenvalue weighted by Gasteiger charge is -2.22. The van der Waals surface area contributed by atoms with Gasteiger partial charge in [-0.15, -0.1) is 11.3 Å². The number of nitriles is 1. The van der Waals surface area contributed by atoms with Crippen molar-refractivity contribution in [1.82, 2.24) is 4.90 Å². The SMILES string of the molecule is CC(C)CN(CCC#N)C(=O)c1ccc(C=CC(=O)O)s1. The Hall–Kier alpha value is -2.13. The first-order valence-corrected chi connectivity index (χ1v) is 7.42. The molecule has 0 unspecified atom stereocenters. The number of thiophene rings is 1. The second kappa shape index (κ2) is 8.22. The number of carboxylic acids is 1. The van der Waals surface area contributed by atoms with Gasteiger partial charge in [0.25, 0.3) is 5.91 Å². The van der Waals surface area contributed by atoms with Crippen LogP contribution in [-0.2, 0) is 4.79 Å². The molecule has 0 aliphatic rings. The highest BCUT2D eigenvalue weighted by Crippen LogP contribution is 2.20. The standard InChI is InChI=1S/C15H18N2O3S/c1-11(2)10-17(9-3-8-16)15(20)13-6-4-12(21-13)5-7-14(18)19/h4-7,11H,3,9-10H2,1-2H3,(H,18,19). The van der Waals surface area contributed by atoms with Gasteiger partial charge in [0.15, 0.2) is 0 Å². The molecule has 21 heavy (non-hydrogen) atoms. The van der Waals surface area contributed by atoms with Crippen molar-refractivity contribution in [2.45, 2.75) is 20.3 Å². The van der Waals surface area contributed by atoms with E-state index in [0.29, 0.717) is 35.2 Å². The average Bonchev–Trinajstić information content (AvgIpc) is 2.88. The van der Waals surface area contributed by atoms with E-state index < -0.39 is 5.97 Å². The van der Waals surface area contributed by atoms with Crippen molar-refractivity contribution in [3.63, 3.8) is 0 Å². The van der Waals surface area contributed by atoms with E-state index in [9.17, 15) is 9.59 Å². The summed E-state index contributed by atoms with van der Waals surface area (Å²) in [4.78, 5) is 25.8. The van der Waals surface area contributed by atoms with Gasteiger partial charge in [-0.2, -0.15) is 5.26 Å². The summed E-state index contributed by atoms with van der Waals surface area (Å²) >= 11 is 1.25. The zero-order valence-electron chi connectivity index (χ0n) is 12.1. The molecule has 0 aromatic carbocycles. The van der Waals surface area contributed by atoms with E-state index in [4.69, 9.17) is 10.4 Å². The van der Waals surface area contributed by atoms with Crippen molar-refractivity contribution in [2.75, 3.05) is 13.1 Å². The third kappa shape index (κ3) is 5.79. The maximum absolute atomic E-state index is 12.4. The van der Waals surface area contributed by atoms with Gasteiger partial charge in [-0.3, -0.25) is 4.79 Å². The smallest absolute Gasteiger partial charge is 0.328 e. The largest absolute Gasteiger partial charge is 0.478 e. The van der Waals surface area contributed by atoms with E-state index in [1.807, 2.05) is 19.9 Å². The minimum absolute atomic E-state index is 0.112. The molecule has 1 heterocycles. The molecule has 1 aromatic heterocycles. The maximum atomic E-state index is 12.4. The van der Waals surface area contributed by atoms with Gasteiger partial charge < -0.3 is 10.0 Å². The highest BCUT2D eigenvalue weighted by Gasteiger charge is 2.18. The molecule has 0 aliphatic carbocycles. The fraction of sp³-hybridized carbons (Fsp3) is 0.400. The lowest BCUT2D eigenvalue weighted by Crippen LogP contribution is -2.34. The molecule has 1 rings (SSSR count). The summed E-state index contributed by atoms with van der Waals surface area (Å²) < 4.78 is 0. The highest BCUT2D eigenvalue weighted by atomic mass is 32.1. The number of carbonyl (C=O) groups is 2. The molecule has 0 bridgehead atoms. The molecule has 1 aromatic rings. The van der Waals surface area contributed by atoms with Gasteiger partial charge in [0.1, 0.15) is 0 Å². The maximum Gasteiger partial charge on any atom is 0.328 e. The minimum Gasteiger partial charge on any atom is -0.478 e. The number of hydrogen-bond donors (Lipinski definition) is 1. The van der Waals surface area contributed by atoms with E-state index in [1.54, 1.807) is 17.0 Å². The molecule has 6 heteroatoms. The lowest BCUT2D eigenvalue weighted by atomic mass is 10.2. The van der Waals surface area contributed by atoms with Crippen LogP contribution in [0, 0.1) is 17.2 Å². The van der Waals surface area contributed by atoms with Gasteiger partial charge in [0.2, 0.25) is 0 Å². The third-order valence-corrected chi connectivity index (χ3v) is 3.63. The first-order chi connectivity index (χ1) is 9.93. The molecule has 1 amide bonds. The van der Waals surface area contributed by atoms with Crippen LogP contribution in [0.25, 0.3) is 6.08 Å². The molecule has 0 saturated carbocycles. The molecule has 0 radical (unpaired) electrons. The Morgan fingerprint density at radius 2 is 2.19 bits per heavy atom. The summed E-state index contributed by atoms with van der Waals surface area (Å²) in [5, 5.41) is 17.3. The van der Waals surface area contributed by atoms with Gasteiger partial charge in [-0.05, 0) is 24.1 Å². The average molecular weight is 306 g/mol. The van der Waals surface area contributed by atoms with Crippen LogP contribution in [0.5, 0.6) is 0 Å². The predicted octanol–water partition coefficient (Wildman–Crippen LogP) is 2.86. The topological polar surface area (TPSA) is 81.4 Å². The Morgan fingerprint density at radius 1 is 1.48 bits per heavy atom. The zero-order chi connectivity index (χ0) is 15.8. The predicted molar refractivity (Wildman–Crippen MR) is 82.0 cm³/mol. The Balaban J connectivity index is 2.83. The summed E-state index contributed by atoms with van der Waals surface area (Å²) in [6.45, 7) is 5.04. The lowest BCUT2D eigenvalue weighted by molar-refractivity contribution is -0.131. The number of amides is 1. The number of hydrogen-bond acceptors (Lipinski definition) is 4. The van der Waals surface area contributed by atoms with Crippen molar-refractivity contribution in [3.8, 4) is 6.07 Å². The van der Waals surface area contributed by atoms with Crippen molar-refractivity contribution in [1.29, 1.82) is 5.26 Å². The van der Waals surface area contributed by atoms with E-state index in [2.05, 4.69) is 0 Å². The summed E-state index contributed by atoms with van der Waals surface area (Å²) in [7, 11) is 0. The van der Waals surface area contributed by atoms with Crippen LogP contribution in [-0.4, -0.2) is 35.0 Å². The van der Waals surface area contributed by atoms with Crippen molar-refractivity contribution in [3.05, 3.63) is 28.0 Å². The van der Waals surface area contributed by atoms with E-state index >= 15 is 0 Å². The molecule has 0 saturated heterocycles. The van der Waals surface area contributed by atoms with Gasteiger partial charge >= 0.3 is 5.97 Å². The molecule has 5 nitrogen and oxygen atoms in total. The number of rotatable bonds is 7. The Labute approximate surface area is 128 Å². The Bertz CT molecular complexity index is 570. The van der Waals surface area contributed by atoms with Gasteiger partial charge in [0.05, 0.1) is 17.4 Å². The van der Waals surface area contributed by atoms with Gasteiger partial charge in [-0.25, -0.2) is 4.79 Å². The number of nitrogens with zero attached hydrogens (tertiary/aromatic N) is 2. The Morgan fingerprint density at radius 3 is 2.76 bits per heavy atom. The molecular weight excluding hydrogens is 288 g/mol. The molecule has 0 atom stereocenters. The fourth-order valence-corrected chi connectivity index (χ4v) is 2.65. The quantitative estimate of drug-likeness (QED) is 0.785. The van der Waals surface area contributed by atoms with E-state index in [0.717, 1.165) is 6.08 Å². The molecule has 0 spiro atoms. The summed E-state index contributed by atoms with van der Waals surface area (Å²) in [5.41, 5.74) is 0. The molecule has 0 aliphatic heterocycles. The minimum atomic E-state index is -1.02. The van der Waals surface area contributed by atoms with Crippen LogP contribution >= 0.6 is 11.3 Å². The van der Waals surface area contributed by atoms with Gasteiger partial charge in [-0.1, -0.05) is 13.8 Å². The fourth-order valence-electron chi connectivity index (χ4n) is 1.77. The van der Waals surface area contributed by atoms with Crippen LogP contribution in [0.2, 0.25) is 0 Å². The molecule has 0 fully saturated rings. The first kappa shape index (κ1) is 16.9. The van der Waals surface area contributed by atoms with Crippen LogP contribution in [0.4, 0.5) is 0 Å². The van der Waals surface area contributed by atoms with E-state index in [1.165, 1.54) is 17.4 Å². The van der Waals surface area contributed by atoms with Crippen LogP contribution in [0.1, 0.15) is 34.8 Å². The van der Waals surface area contributed by atoms with Gasteiger partial charge in [0, 0.05) is 24.0 Å². The summed E-state index contributed by atoms with van der Waals surface area (Å²) in [6.07, 6.45) is 2.81. The normalized spacial score (nSPS) is 10.8. The second-order valence-corrected chi connectivity index (χ2v) is 6.04.